The average Bonchev–Trinajstić information content (AvgIpc) is 3.62. The van der Waals surface area contributed by atoms with E-state index in [9.17, 15) is 18.8 Å². The van der Waals surface area contributed by atoms with E-state index in [0.717, 1.165) is 21.7 Å². The van der Waals surface area contributed by atoms with Crippen LogP contribution < -0.4 is 9.64 Å². The Morgan fingerprint density at radius 3 is 2.36 bits per heavy atom. The zero-order valence-electron chi connectivity index (χ0n) is 25.3. The fourth-order valence-electron chi connectivity index (χ4n) is 5.34. The van der Waals surface area contributed by atoms with Gasteiger partial charge in [-0.2, -0.15) is 5.10 Å². The molecule has 0 spiro atoms. The number of pyridine rings is 1. The zero-order chi connectivity index (χ0) is 31.9. The van der Waals surface area contributed by atoms with Crippen molar-refractivity contribution < 1.29 is 28.2 Å². The summed E-state index contributed by atoms with van der Waals surface area (Å²) in [5.74, 6) is -1.68. The molecule has 0 unspecified atom stereocenters. The molecule has 6 rings (SSSR count). The first-order chi connectivity index (χ1) is 21.5. The highest BCUT2D eigenvalue weighted by Gasteiger charge is 2.39. The van der Waals surface area contributed by atoms with E-state index in [0.29, 0.717) is 17.3 Å². The number of esters is 1. The van der Waals surface area contributed by atoms with Gasteiger partial charge in [-0.1, -0.05) is 18.2 Å². The number of amides is 2. The molecule has 45 heavy (non-hydrogen) atoms. The molecule has 0 N–H and O–H groups in total. The van der Waals surface area contributed by atoms with Crippen molar-refractivity contribution >= 4 is 34.5 Å². The Hall–Kier alpha value is -5.38. The Bertz CT molecular complexity index is 1910. The molecule has 1 aliphatic heterocycles. The number of nitrogens with zero attached hydrogens (tertiary/aromatic N) is 4. The summed E-state index contributed by atoms with van der Waals surface area (Å²) in [5.41, 5.74) is 2.68. The van der Waals surface area contributed by atoms with E-state index in [1.54, 1.807) is 53.5 Å². The van der Waals surface area contributed by atoms with Crippen molar-refractivity contribution in [1.29, 1.82) is 0 Å². The molecule has 5 aromatic rings. The SMILES string of the molecule is C[C@H](Oc1cc2cc(F)ccc2nc1N1C(=O)c2ccccc2C1=O)c1cc(CCC(=O)OC(C)(C)C)ccc1-n1cccn1. The number of carbonyl (C=O) groups excluding carboxylic acids is 3. The second kappa shape index (κ2) is 11.6. The number of halogens is 1. The number of aryl methyl sites for hydroxylation is 1. The molecule has 0 aliphatic carbocycles. The van der Waals surface area contributed by atoms with Crippen molar-refractivity contribution in [2.24, 2.45) is 0 Å². The average molecular weight is 607 g/mol. The van der Waals surface area contributed by atoms with E-state index in [4.69, 9.17) is 9.47 Å². The lowest BCUT2D eigenvalue weighted by molar-refractivity contribution is -0.154. The summed E-state index contributed by atoms with van der Waals surface area (Å²) in [7, 11) is 0. The van der Waals surface area contributed by atoms with Crippen LogP contribution in [0, 0.1) is 5.82 Å². The number of ether oxygens (including phenoxy) is 2. The summed E-state index contributed by atoms with van der Waals surface area (Å²) in [6, 6.07) is 19.8. The van der Waals surface area contributed by atoms with Gasteiger partial charge in [-0.25, -0.2) is 19.0 Å². The summed E-state index contributed by atoms with van der Waals surface area (Å²) in [6.07, 6.45) is 3.43. The minimum atomic E-state index is -0.660. The first-order valence-corrected chi connectivity index (χ1v) is 14.6. The molecule has 1 atom stereocenters. The molecule has 2 amide bonds. The molecule has 0 radical (unpaired) electrons. The number of rotatable bonds is 8. The van der Waals surface area contributed by atoms with Crippen molar-refractivity contribution in [3.63, 3.8) is 0 Å². The van der Waals surface area contributed by atoms with E-state index in [-0.39, 0.29) is 35.1 Å². The van der Waals surface area contributed by atoms with Gasteiger partial charge in [0.05, 0.1) is 22.3 Å². The van der Waals surface area contributed by atoms with Crippen LogP contribution >= 0.6 is 0 Å². The number of imide groups is 1. The molecule has 10 heteroatoms. The molecular weight excluding hydrogens is 575 g/mol. The maximum Gasteiger partial charge on any atom is 0.306 e. The maximum absolute atomic E-state index is 14.2. The van der Waals surface area contributed by atoms with Crippen LogP contribution in [0.5, 0.6) is 5.75 Å². The van der Waals surface area contributed by atoms with Gasteiger partial charge in [-0.3, -0.25) is 14.4 Å². The monoisotopic (exact) mass is 606 g/mol. The third kappa shape index (κ3) is 6.04. The molecular formula is C35H31FN4O5. The van der Waals surface area contributed by atoms with E-state index in [1.165, 1.54) is 18.2 Å². The highest BCUT2D eigenvalue weighted by atomic mass is 19.1. The van der Waals surface area contributed by atoms with E-state index >= 15 is 0 Å². The van der Waals surface area contributed by atoms with Crippen LogP contribution in [0.15, 0.2) is 85.2 Å². The Morgan fingerprint density at radius 1 is 0.956 bits per heavy atom. The highest BCUT2D eigenvalue weighted by molar-refractivity contribution is 6.34. The quantitative estimate of drug-likeness (QED) is 0.142. The first kappa shape index (κ1) is 29.7. The highest BCUT2D eigenvalue weighted by Crippen LogP contribution is 2.38. The van der Waals surface area contributed by atoms with Crippen LogP contribution in [0.2, 0.25) is 0 Å². The Kier molecular flexibility index (Phi) is 7.66. The van der Waals surface area contributed by atoms with Crippen molar-refractivity contribution in [2.75, 3.05) is 4.90 Å². The van der Waals surface area contributed by atoms with Gasteiger partial charge in [0, 0.05) is 29.8 Å². The Balaban J connectivity index is 1.39. The minimum absolute atomic E-state index is 0.00822. The molecule has 2 aromatic heterocycles. The lowest BCUT2D eigenvalue weighted by Gasteiger charge is -2.23. The molecule has 0 saturated heterocycles. The topological polar surface area (TPSA) is 104 Å². The van der Waals surface area contributed by atoms with Crippen molar-refractivity contribution in [2.45, 2.75) is 52.2 Å². The van der Waals surface area contributed by atoms with E-state index in [2.05, 4.69) is 10.1 Å². The van der Waals surface area contributed by atoms with Gasteiger partial charge >= 0.3 is 5.97 Å². The number of anilines is 1. The van der Waals surface area contributed by atoms with Gasteiger partial charge in [-0.15, -0.1) is 0 Å². The zero-order valence-corrected chi connectivity index (χ0v) is 25.3. The van der Waals surface area contributed by atoms with Crippen molar-refractivity contribution in [3.05, 3.63) is 113 Å². The third-order valence-corrected chi connectivity index (χ3v) is 7.35. The van der Waals surface area contributed by atoms with Gasteiger partial charge in [0.2, 0.25) is 0 Å². The normalized spacial score (nSPS) is 13.7. The lowest BCUT2D eigenvalue weighted by Crippen LogP contribution is -2.31. The predicted molar refractivity (Wildman–Crippen MR) is 166 cm³/mol. The maximum atomic E-state index is 14.2. The summed E-state index contributed by atoms with van der Waals surface area (Å²) >= 11 is 0. The number of hydrogen-bond donors (Lipinski definition) is 0. The number of benzene rings is 3. The standard InChI is InChI=1S/C35H31FN4O5/c1-21(27-18-22(11-15-31(41)45-35(2,3)4)10-14-29(27)39-17-7-16-37-39)44-30-20-23-19-24(36)12-13-28(23)38-32(30)40-33(42)25-8-5-6-9-26(25)34(40)43/h5-10,12-14,16-21H,11,15H2,1-4H3/t21-/m0/s1. The van der Waals surface area contributed by atoms with Crippen LogP contribution in [-0.4, -0.2) is 38.1 Å². The molecule has 228 valence electrons. The second-order valence-electron chi connectivity index (χ2n) is 11.8. The van der Waals surface area contributed by atoms with Crippen LogP contribution in [-0.2, 0) is 16.0 Å². The third-order valence-electron chi connectivity index (χ3n) is 7.35. The predicted octanol–water partition coefficient (Wildman–Crippen LogP) is 6.77. The van der Waals surface area contributed by atoms with Crippen LogP contribution in [0.25, 0.3) is 16.6 Å². The summed E-state index contributed by atoms with van der Waals surface area (Å²) < 4.78 is 27.9. The van der Waals surface area contributed by atoms with Crippen LogP contribution in [0.1, 0.15) is 72.1 Å². The van der Waals surface area contributed by atoms with Gasteiger partial charge in [0.15, 0.2) is 11.6 Å². The Labute approximate surface area is 259 Å². The number of hydrogen-bond acceptors (Lipinski definition) is 7. The molecule has 3 heterocycles. The van der Waals surface area contributed by atoms with Crippen LogP contribution in [0.3, 0.4) is 0 Å². The fourth-order valence-corrected chi connectivity index (χ4v) is 5.34. The summed E-state index contributed by atoms with van der Waals surface area (Å²) in [6.45, 7) is 7.30. The summed E-state index contributed by atoms with van der Waals surface area (Å²) in [4.78, 5) is 45.0. The van der Waals surface area contributed by atoms with Gasteiger partial charge in [0.1, 0.15) is 17.5 Å². The van der Waals surface area contributed by atoms with Gasteiger partial charge in [0.25, 0.3) is 11.8 Å². The molecule has 0 fully saturated rings. The molecule has 0 saturated carbocycles. The number of fused-ring (bicyclic) bond motifs is 2. The van der Waals surface area contributed by atoms with Gasteiger partial charge < -0.3 is 9.47 Å². The smallest absolute Gasteiger partial charge is 0.306 e. The van der Waals surface area contributed by atoms with E-state index < -0.39 is 29.3 Å². The van der Waals surface area contributed by atoms with Crippen LogP contribution in [0.4, 0.5) is 10.2 Å². The second-order valence-corrected chi connectivity index (χ2v) is 11.8. The van der Waals surface area contributed by atoms with Gasteiger partial charge in [-0.05, 0) is 94.3 Å². The molecule has 3 aromatic carbocycles. The van der Waals surface area contributed by atoms with Crippen molar-refractivity contribution in [3.8, 4) is 11.4 Å². The largest absolute Gasteiger partial charge is 0.482 e. The number of aromatic nitrogens is 3. The fraction of sp³-hybridized carbons (Fsp3) is 0.229. The molecule has 9 nitrogen and oxygen atoms in total. The molecule has 0 bridgehead atoms. The van der Waals surface area contributed by atoms with E-state index in [1.807, 2.05) is 45.9 Å². The molecule has 1 aliphatic rings. The Morgan fingerprint density at radius 2 is 1.69 bits per heavy atom. The minimum Gasteiger partial charge on any atom is -0.482 e. The van der Waals surface area contributed by atoms with Crippen molar-refractivity contribution in [1.82, 2.24) is 14.8 Å². The first-order valence-electron chi connectivity index (χ1n) is 14.6. The summed E-state index contributed by atoms with van der Waals surface area (Å²) in [5, 5.41) is 4.83. The lowest BCUT2D eigenvalue weighted by atomic mass is 10.0. The number of carbonyl (C=O) groups is 3.